The molecule has 0 saturated heterocycles. The molecule has 2 N–H and O–H groups in total. The SMILES string of the molecule is COc1cnc2ccc(Nc3ccc(NCc4ccc(C(F)(F)F)cc4)nc3)c(C#N)c2n1. The summed E-state index contributed by atoms with van der Waals surface area (Å²) in [6, 6.07) is 14.1. The molecule has 33 heavy (non-hydrogen) atoms. The van der Waals surface area contributed by atoms with Crippen molar-refractivity contribution >= 4 is 28.2 Å². The quantitative estimate of drug-likeness (QED) is 0.413. The lowest BCUT2D eigenvalue weighted by Gasteiger charge is -2.11. The summed E-state index contributed by atoms with van der Waals surface area (Å²) in [5, 5.41) is 15.9. The third-order valence-electron chi connectivity index (χ3n) is 4.81. The molecule has 0 saturated carbocycles. The van der Waals surface area contributed by atoms with E-state index in [4.69, 9.17) is 4.74 Å². The van der Waals surface area contributed by atoms with E-state index in [0.29, 0.717) is 51.8 Å². The summed E-state index contributed by atoms with van der Waals surface area (Å²) >= 11 is 0. The third kappa shape index (κ3) is 4.93. The highest BCUT2D eigenvalue weighted by atomic mass is 19.4. The van der Waals surface area contributed by atoms with E-state index in [1.54, 1.807) is 30.5 Å². The molecule has 0 bridgehead atoms. The van der Waals surface area contributed by atoms with Crippen LogP contribution in [0.4, 0.5) is 30.4 Å². The molecule has 0 aliphatic heterocycles. The number of rotatable bonds is 6. The van der Waals surface area contributed by atoms with E-state index in [-0.39, 0.29) is 0 Å². The number of hydrogen-bond acceptors (Lipinski definition) is 7. The molecule has 0 unspecified atom stereocenters. The van der Waals surface area contributed by atoms with Gasteiger partial charge in [-0.2, -0.15) is 18.4 Å². The molecule has 2 aromatic heterocycles. The Morgan fingerprint density at radius 2 is 1.79 bits per heavy atom. The summed E-state index contributed by atoms with van der Waals surface area (Å²) in [5.74, 6) is 0.858. The lowest BCUT2D eigenvalue weighted by atomic mass is 10.1. The Kier molecular flexibility index (Phi) is 5.95. The monoisotopic (exact) mass is 450 g/mol. The minimum absolute atomic E-state index is 0.307. The van der Waals surface area contributed by atoms with Crippen LogP contribution in [0.25, 0.3) is 11.0 Å². The molecule has 0 aliphatic carbocycles. The largest absolute Gasteiger partial charge is 0.480 e. The van der Waals surface area contributed by atoms with Crippen LogP contribution in [0.3, 0.4) is 0 Å². The zero-order valence-electron chi connectivity index (χ0n) is 17.3. The molecule has 4 aromatic rings. The van der Waals surface area contributed by atoms with Crippen molar-refractivity contribution in [1.82, 2.24) is 15.0 Å². The number of ether oxygens (including phenoxy) is 1. The van der Waals surface area contributed by atoms with Gasteiger partial charge in [0.15, 0.2) is 0 Å². The Hall–Kier alpha value is -4.39. The molecule has 0 amide bonds. The zero-order chi connectivity index (χ0) is 23.4. The van der Waals surface area contributed by atoms with E-state index < -0.39 is 11.7 Å². The first-order valence-electron chi connectivity index (χ1n) is 9.74. The number of halogens is 3. The number of nitrogens with zero attached hydrogens (tertiary/aromatic N) is 4. The second kappa shape index (κ2) is 9.00. The molecule has 0 aliphatic rings. The molecular weight excluding hydrogens is 433 g/mol. The number of alkyl halides is 3. The van der Waals surface area contributed by atoms with E-state index in [0.717, 1.165) is 12.1 Å². The van der Waals surface area contributed by atoms with Crippen molar-refractivity contribution in [1.29, 1.82) is 5.26 Å². The van der Waals surface area contributed by atoms with Gasteiger partial charge in [-0.05, 0) is 42.0 Å². The molecule has 0 spiro atoms. The van der Waals surface area contributed by atoms with Crippen LogP contribution in [0.15, 0.2) is 60.9 Å². The van der Waals surface area contributed by atoms with Gasteiger partial charge in [0.2, 0.25) is 5.88 Å². The predicted molar refractivity (Wildman–Crippen MR) is 117 cm³/mol. The maximum absolute atomic E-state index is 12.7. The molecule has 0 fully saturated rings. The molecule has 2 aromatic carbocycles. The van der Waals surface area contributed by atoms with Crippen LogP contribution >= 0.6 is 0 Å². The van der Waals surface area contributed by atoms with Gasteiger partial charge < -0.3 is 15.4 Å². The lowest BCUT2D eigenvalue weighted by molar-refractivity contribution is -0.137. The van der Waals surface area contributed by atoms with Gasteiger partial charge in [-0.25, -0.2) is 15.0 Å². The van der Waals surface area contributed by atoms with Gasteiger partial charge in [0.25, 0.3) is 0 Å². The van der Waals surface area contributed by atoms with Crippen LogP contribution < -0.4 is 15.4 Å². The van der Waals surface area contributed by atoms with Crippen molar-refractivity contribution in [3.63, 3.8) is 0 Å². The van der Waals surface area contributed by atoms with E-state index >= 15 is 0 Å². The van der Waals surface area contributed by atoms with Gasteiger partial charge in [-0.3, -0.25) is 0 Å². The van der Waals surface area contributed by atoms with E-state index in [9.17, 15) is 18.4 Å². The van der Waals surface area contributed by atoms with Crippen molar-refractivity contribution in [3.8, 4) is 11.9 Å². The summed E-state index contributed by atoms with van der Waals surface area (Å²) < 4.78 is 43.1. The Labute approximate surface area is 186 Å². The molecule has 4 rings (SSSR count). The van der Waals surface area contributed by atoms with Gasteiger partial charge in [-0.15, -0.1) is 0 Å². The molecule has 7 nitrogen and oxygen atoms in total. The number of anilines is 3. The molecule has 2 heterocycles. The fourth-order valence-electron chi connectivity index (χ4n) is 3.11. The first-order valence-corrected chi connectivity index (χ1v) is 9.74. The molecule has 0 atom stereocenters. The van der Waals surface area contributed by atoms with Crippen molar-refractivity contribution in [3.05, 3.63) is 77.6 Å². The Bertz CT molecular complexity index is 1320. The molecule has 10 heteroatoms. The van der Waals surface area contributed by atoms with E-state index in [2.05, 4.69) is 31.7 Å². The number of nitrogens with one attached hydrogen (secondary N) is 2. The highest BCUT2D eigenvalue weighted by Gasteiger charge is 2.29. The van der Waals surface area contributed by atoms with E-state index in [1.807, 2.05) is 0 Å². The maximum atomic E-state index is 12.7. The molecule has 166 valence electrons. The van der Waals surface area contributed by atoms with Crippen molar-refractivity contribution in [2.75, 3.05) is 17.7 Å². The van der Waals surface area contributed by atoms with Crippen LogP contribution in [-0.2, 0) is 12.7 Å². The summed E-state index contributed by atoms with van der Waals surface area (Å²) in [7, 11) is 1.48. The normalized spacial score (nSPS) is 11.1. The summed E-state index contributed by atoms with van der Waals surface area (Å²) in [5.41, 5.74) is 2.50. The van der Waals surface area contributed by atoms with Gasteiger partial charge in [0.1, 0.15) is 23.0 Å². The number of benzene rings is 2. The summed E-state index contributed by atoms with van der Waals surface area (Å²) in [6.07, 6.45) is -1.29. The zero-order valence-corrected chi connectivity index (χ0v) is 17.3. The summed E-state index contributed by atoms with van der Waals surface area (Å²) in [4.78, 5) is 12.9. The standard InChI is InChI=1S/C23H17F3N6O/c1-33-21-13-28-19-8-7-18(17(10-27)22(19)32-21)31-16-6-9-20(30-12-16)29-11-14-2-4-15(5-3-14)23(24,25)26/h2-9,12-13,31H,11H2,1H3,(H,29,30). The third-order valence-corrected chi connectivity index (χ3v) is 4.81. The second-order valence-electron chi connectivity index (χ2n) is 6.99. The van der Waals surface area contributed by atoms with Gasteiger partial charge in [0, 0.05) is 6.54 Å². The van der Waals surface area contributed by atoms with Crippen LogP contribution in [0.5, 0.6) is 5.88 Å². The van der Waals surface area contributed by atoms with Crippen molar-refractivity contribution < 1.29 is 17.9 Å². The van der Waals surface area contributed by atoms with Gasteiger partial charge in [-0.1, -0.05) is 12.1 Å². The van der Waals surface area contributed by atoms with Crippen molar-refractivity contribution in [2.24, 2.45) is 0 Å². The highest BCUT2D eigenvalue weighted by Crippen LogP contribution is 2.29. The summed E-state index contributed by atoms with van der Waals surface area (Å²) in [6.45, 7) is 0.321. The average molecular weight is 450 g/mol. The molecular formula is C23H17F3N6O. The van der Waals surface area contributed by atoms with Crippen LogP contribution in [0.1, 0.15) is 16.7 Å². The van der Waals surface area contributed by atoms with Crippen molar-refractivity contribution in [2.45, 2.75) is 12.7 Å². The van der Waals surface area contributed by atoms with Crippen LogP contribution in [-0.4, -0.2) is 22.1 Å². The van der Waals surface area contributed by atoms with Crippen LogP contribution in [0.2, 0.25) is 0 Å². The number of hydrogen-bond donors (Lipinski definition) is 2. The lowest BCUT2D eigenvalue weighted by Crippen LogP contribution is -2.06. The number of pyridine rings is 1. The smallest absolute Gasteiger partial charge is 0.416 e. The van der Waals surface area contributed by atoms with Gasteiger partial charge >= 0.3 is 6.18 Å². The van der Waals surface area contributed by atoms with Crippen LogP contribution in [0, 0.1) is 11.3 Å². The second-order valence-corrected chi connectivity index (χ2v) is 6.99. The number of nitriles is 1. The number of aromatic nitrogens is 3. The minimum atomic E-state index is -4.36. The topological polar surface area (TPSA) is 95.8 Å². The predicted octanol–water partition coefficient (Wildman–Crippen LogP) is 5.28. The first kappa shape index (κ1) is 21.8. The average Bonchev–Trinajstić information content (AvgIpc) is 2.82. The Morgan fingerprint density at radius 3 is 2.42 bits per heavy atom. The molecule has 0 radical (unpaired) electrons. The fourth-order valence-corrected chi connectivity index (χ4v) is 3.11. The Balaban J connectivity index is 1.45. The number of fused-ring (bicyclic) bond motifs is 1. The number of methoxy groups -OCH3 is 1. The fraction of sp³-hybridized carbons (Fsp3) is 0.130. The maximum Gasteiger partial charge on any atom is 0.416 e. The minimum Gasteiger partial charge on any atom is -0.480 e. The highest BCUT2D eigenvalue weighted by molar-refractivity contribution is 5.88. The van der Waals surface area contributed by atoms with E-state index in [1.165, 1.54) is 25.4 Å². The Morgan fingerprint density at radius 1 is 1.00 bits per heavy atom. The first-order chi connectivity index (χ1) is 15.9. The van der Waals surface area contributed by atoms with Gasteiger partial charge in [0.05, 0.1) is 42.0 Å².